The minimum Gasteiger partial charge on any atom is -0.399 e. The van der Waals surface area contributed by atoms with Crippen molar-refractivity contribution in [2.75, 3.05) is 13.1 Å². The van der Waals surface area contributed by atoms with Crippen molar-refractivity contribution in [3.8, 4) is 0 Å². The summed E-state index contributed by atoms with van der Waals surface area (Å²) < 4.78 is 38.0. The summed E-state index contributed by atoms with van der Waals surface area (Å²) >= 11 is 0. The molecule has 1 amide bonds. The van der Waals surface area contributed by atoms with E-state index in [9.17, 15) is 13.2 Å². The number of nitrogens with zero attached hydrogens (tertiary/aromatic N) is 1. The molecule has 0 aromatic heterocycles. The second kappa shape index (κ2) is 7.36. The summed E-state index contributed by atoms with van der Waals surface area (Å²) in [6.45, 7) is 9.34. The second-order valence-corrected chi connectivity index (χ2v) is 11.2. The first-order valence-electron chi connectivity index (χ1n) is 10.4. The molecule has 0 unspecified atom stereocenters. The smallest absolute Gasteiger partial charge is 0.399 e. The van der Waals surface area contributed by atoms with Gasteiger partial charge in [0.05, 0.1) is 21.9 Å². The maximum atomic E-state index is 13.0. The summed E-state index contributed by atoms with van der Waals surface area (Å²) in [7, 11) is -4.24. The van der Waals surface area contributed by atoms with Crippen molar-refractivity contribution < 1.29 is 22.5 Å². The predicted octanol–water partition coefficient (Wildman–Crippen LogP) is 3.29. The topological polar surface area (TPSA) is 72.9 Å². The number of allylic oxidation sites excluding steroid dienone is 3. The summed E-state index contributed by atoms with van der Waals surface area (Å²) in [5.74, 6) is -0.122. The Morgan fingerprint density at radius 2 is 1.57 bits per heavy atom. The second-order valence-electron chi connectivity index (χ2n) is 9.20. The van der Waals surface area contributed by atoms with Crippen molar-refractivity contribution in [3.05, 3.63) is 57.9 Å². The van der Waals surface area contributed by atoms with E-state index < -0.39 is 28.2 Å². The predicted molar refractivity (Wildman–Crippen MR) is 116 cm³/mol. The normalized spacial score (nSPS) is 22.5. The number of amides is 1. The summed E-state index contributed by atoms with van der Waals surface area (Å²) in [6, 6.07) is 6.87. The Hall–Kier alpha value is -1.90. The van der Waals surface area contributed by atoms with Crippen molar-refractivity contribution >= 4 is 22.9 Å². The van der Waals surface area contributed by atoms with Gasteiger partial charge in [-0.2, -0.15) is 0 Å². The molecule has 1 aromatic carbocycles. The summed E-state index contributed by atoms with van der Waals surface area (Å²) in [5.41, 5.74) is 0.753. The summed E-state index contributed by atoms with van der Waals surface area (Å²) in [4.78, 5) is 14.6. The highest BCUT2D eigenvalue weighted by Gasteiger charge is 2.54. The average Bonchev–Trinajstić information content (AvgIpc) is 3.19. The Kier molecular flexibility index (Phi) is 5.23. The number of hydrogen-bond donors (Lipinski definition) is 0. The molecule has 0 N–H and O–H groups in total. The van der Waals surface area contributed by atoms with E-state index in [0.717, 1.165) is 25.9 Å². The van der Waals surface area contributed by atoms with Gasteiger partial charge < -0.3 is 14.2 Å². The molecule has 0 spiro atoms. The molecule has 3 aliphatic rings. The van der Waals surface area contributed by atoms with E-state index in [1.807, 2.05) is 32.6 Å². The van der Waals surface area contributed by atoms with E-state index >= 15 is 0 Å². The van der Waals surface area contributed by atoms with E-state index in [4.69, 9.17) is 9.31 Å². The molecule has 0 bridgehead atoms. The van der Waals surface area contributed by atoms with Crippen LogP contribution in [0, 0.1) is 0 Å². The SMILES string of the molecule is CC1(C)OB(C2=CC=C2S(=O)(=O)Cc2ccc(C(=O)N3CCCC3)cc2)OC1(C)C. The van der Waals surface area contributed by atoms with E-state index in [2.05, 4.69) is 0 Å². The van der Waals surface area contributed by atoms with Crippen LogP contribution in [0.5, 0.6) is 0 Å². The lowest BCUT2D eigenvalue weighted by atomic mass is 9.74. The van der Waals surface area contributed by atoms with Crippen LogP contribution in [0.4, 0.5) is 0 Å². The zero-order chi connectivity index (χ0) is 21.7. The molecular weight excluding hydrogens is 401 g/mol. The largest absolute Gasteiger partial charge is 0.496 e. The van der Waals surface area contributed by atoms with E-state index in [1.165, 1.54) is 0 Å². The van der Waals surface area contributed by atoms with Crippen LogP contribution in [-0.4, -0.2) is 50.6 Å². The first-order chi connectivity index (χ1) is 14.0. The van der Waals surface area contributed by atoms with Crippen molar-refractivity contribution in [3.63, 3.8) is 0 Å². The molecule has 8 heteroatoms. The van der Waals surface area contributed by atoms with Gasteiger partial charge in [0.2, 0.25) is 0 Å². The van der Waals surface area contributed by atoms with Gasteiger partial charge in [-0.1, -0.05) is 18.2 Å². The van der Waals surface area contributed by atoms with Crippen LogP contribution >= 0.6 is 0 Å². The maximum absolute atomic E-state index is 13.0. The Bertz CT molecular complexity index is 1000. The molecule has 0 saturated carbocycles. The number of rotatable bonds is 5. The first kappa shape index (κ1) is 21.3. The molecule has 2 aliphatic heterocycles. The van der Waals surface area contributed by atoms with E-state index in [0.29, 0.717) is 16.6 Å². The van der Waals surface area contributed by atoms with E-state index in [-0.39, 0.29) is 16.6 Å². The molecule has 6 nitrogen and oxygen atoms in total. The molecular formula is C22H28BNO5S. The van der Waals surface area contributed by atoms with Crippen molar-refractivity contribution in [1.29, 1.82) is 0 Å². The number of likely N-dealkylation sites (tertiary alicyclic amines) is 1. The van der Waals surface area contributed by atoms with Gasteiger partial charge in [-0.3, -0.25) is 4.79 Å². The Labute approximate surface area is 179 Å². The molecule has 1 aromatic rings. The third-order valence-corrected chi connectivity index (χ3v) is 8.25. The Morgan fingerprint density at radius 3 is 2.07 bits per heavy atom. The molecule has 0 atom stereocenters. The molecule has 0 radical (unpaired) electrons. The summed E-state index contributed by atoms with van der Waals surface area (Å²) in [5, 5.41) is 0. The minimum absolute atomic E-state index is 0.00888. The fourth-order valence-electron chi connectivity index (χ4n) is 3.84. The molecule has 2 heterocycles. The van der Waals surface area contributed by atoms with Crippen molar-refractivity contribution in [2.24, 2.45) is 0 Å². The highest BCUT2D eigenvalue weighted by Crippen LogP contribution is 2.42. The third-order valence-electron chi connectivity index (χ3n) is 6.49. The molecule has 2 saturated heterocycles. The van der Waals surface area contributed by atoms with Crippen LogP contribution in [0.1, 0.15) is 56.5 Å². The molecule has 30 heavy (non-hydrogen) atoms. The van der Waals surface area contributed by atoms with Crippen LogP contribution in [-0.2, 0) is 24.9 Å². The zero-order valence-electron chi connectivity index (χ0n) is 18.0. The molecule has 160 valence electrons. The highest BCUT2D eigenvalue weighted by molar-refractivity contribution is 7.95. The number of benzene rings is 1. The monoisotopic (exact) mass is 429 g/mol. The van der Waals surface area contributed by atoms with Gasteiger partial charge in [0, 0.05) is 24.1 Å². The van der Waals surface area contributed by atoms with Crippen LogP contribution in [0.15, 0.2) is 46.8 Å². The van der Waals surface area contributed by atoms with Gasteiger partial charge in [-0.25, -0.2) is 8.42 Å². The van der Waals surface area contributed by atoms with Crippen LogP contribution in [0.2, 0.25) is 0 Å². The lowest BCUT2D eigenvalue weighted by molar-refractivity contribution is 0.00578. The van der Waals surface area contributed by atoms with E-state index in [1.54, 1.807) is 36.4 Å². The molecule has 1 aliphatic carbocycles. The minimum atomic E-state index is -3.55. The third kappa shape index (κ3) is 3.77. The standard InChI is InChI=1S/C22H28BNO5S/c1-21(2)22(3,4)29-23(28-21)18-11-12-19(18)30(26,27)15-16-7-9-17(10-8-16)20(25)24-13-5-6-14-24/h7-12H,5-6,13-15H2,1-4H3. The van der Waals surface area contributed by atoms with Crippen molar-refractivity contribution in [2.45, 2.75) is 57.5 Å². The van der Waals surface area contributed by atoms with Gasteiger partial charge in [0.25, 0.3) is 5.91 Å². The average molecular weight is 429 g/mol. The number of carbonyl (C=O) groups excluding carboxylic acids is 1. The lowest BCUT2D eigenvalue weighted by Gasteiger charge is -2.32. The fraction of sp³-hybridized carbons (Fsp3) is 0.500. The summed E-state index contributed by atoms with van der Waals surface area (Å²) in [6.07, 6.45) is 5.42. The quantitative estimate of drug-likeness (QED) is 0.672. The number of sulfone groups is 1. The van der Waals surface area contributed by atoms with Gasteiger partial charge in [-0.15, -0.1) is 0 Å². The van der Waals surface area contributed by atoms with Gasteiger partial charge in [0.1, 0.15) is 0 Å². The van der Waals surface area contributed by atoms with Gasteiger partial charge >= 0.3 is 7.12 Å². The van der Waals surface area contributed by atoms with Crippen molar-refractivity contribution in [1.82, 2.24) is 4.90 Å². The zero-order valence-corrected chi connectivity index (χ0v) is 18.8. The first-order valence-corrected chi connectivity index (χ1v) is 12.0. The maximum Gasteiger partial charge on any atom is 0.496 e. The van der Waals surface area contributed by atoms with Crippen LogP contribution in [0.3, 0.4) is 0 Å². The lowest BCUT2D eigenvalue weighted by Crippen LogP contribution is -2.41. The van der Waals surface area contributed by atoms with Crippen LogP contribution in [0.25, 0.3) is 0 Å². The molecule has 4 rings (SSSR count). The number of carbonyl (C=O) groups is 1. The highest BCUT2D eigenvalue weighted by atomic mass is 32.2. The Morgan fingerprint density at radius 1 is 1.00 bits per heavy atom. The van der Waals surface area contributed by atoms with Gasteiger partial charge in [0.15, 0.2) is 9.84 Å². The van der Waals surface area contributed by atoms with Gasteiger partial charge in [-0.05, 0) is 64.3 Å². The fourth-order valence-corrected chi connectivity index (χ4v) is 5.42. The number of hydrogen-bond acceptors (Lipinski definition) is 5. The van der Waals surface area contributed by atoms with Crippen LogP contribution < -0.4 is 0 Å². The molecule has 2 fully saturated rings. The Balaban J connectivity index is 1.43.